The molecule has 6 nitrogen and oxygen atoms in total. The molecule has 0 fully saturated rings. The Bertz CT molecular complexity index is 1220. The Labute approximate surface area is 178 Å². The summed E-state index contributed by atoms with van der Waals surface area (Å²) in [4.78, 5) is 5.67. The lowest BCUT2D eigenvalue weighted by Crippen LogP contribution is -1.96. The predicted octanol–water partition coefficient (Wildman–Crippen LogP) is 5.21. The van der Waals surface area contributed by atoms with E-state index in [1.165, 1.54) is 0 Å². The van der Waals surface area contributed by atoms with E-state index < -0.39 is 0 Å². The van der Waals surface area contributed by atoms with Gasteiger partial charge in [0.25, 0.3) is 0 Å². The van der Waals surface area contributed by atoms with E-state index in [9.17, 15) is 5.26 Å². The third-order valence-electron chi connectivity index (χ3n) is 4.82. The molecule has 0 aliphatic carbocycles. The van der Waals surface area contributed by atoms with Gasteiger partial charge in [0, 0.05) is 16.5 Å². The molecule has 4 rings (SSSR count). The molecule has 0 radical (unpaired) electrons. The van der Waals surface area contributed by atoms with Crippen molar-refractivity contribution in [3.05, 3.63) is 53.5 Å². The number of ether oxygens (including phenoxy) is 3. The van der Waals surface area contributed by atoms with E-state index in [-0.39, 0.29) is 6.42 Å². The summed E-state index contributed by atoms with van der Waals surface area (Å²) in [5.41, 5.74) is 4.56. The zero-order chi connectivity index (χ0) is 21.1. The lowest BCUT2D eigenvalue weighted by molar-refractivity contribution is 0.340. The van der Waals surface area contributed by atoms with Crippen molar-refractivity contribution in [2.24, 2.45) is 0 Å². The van der Waals surface area contributed by atoms with Gasteiger partial charge in [0.15, 0.2) is 16.5 Å². The van der Waals surface area contributed by atoms with Gasteiger partial charge in [-0.05, 0) is 49.4 Å². The molecule has 0 amide bonds. The number of nitriles is 1. The van der Waals surface area contributed by atoms with Gasteiger partial charge in [-0.25, -0.2) is 4.98 Å². The molecule has 0 aliphatic heterocycles. The van der Waals surface area contributed by atoms with Crippen molar-refractivity contribution in [1.29, 1.82) is 5.26 Å². The maximum Gasteiger partial charge on any atom is 0.194 e. The molecule has 2 heterocycles. The Morgan fingerprint density at radius 3 is 2.43 bits per heavy atom. The highest BCUT2D eigenvalue weighted by atomic mass is 32.1. The number of fused-ring (bicyclic) bond motifs is 1. The largest absolute Gasteiger partial charge is 0.494 e. The standard InChI is InChI=1S/C23H21N3O3S/c1-4-29-17-8-5-15(6-9-17)22-18(11-12-24)26-19(14-30-23(26)25-22)16-7-10-20(27-2)21(13-16)28-3/h5-10,13-14H,4,11H2,1-3H3. The lowest BCUT2D eigenvalue weighted by atomic mass is 10.1. The van der Waals surface area contributed by atoms with Crippen LogP contribution in [0.5, 0.6) is 17.2 Å². The first-order valence-electron chi connectivity index (χ1n) is 9.51. The predicted molar refractivity (Wildman–Crippen MR) is 118 cm³/mol. The summed E-state index contributed by atoms with van der Waals surface area (Å²) in [6.45, 7) is 2.58. The highest BCUT2D eigenvalue weighted by Crippen LogP contribution is 2.37. The normalized spacial score (nSPS) is 10.7. The third-order valence-corrected chi connectivity index (χ3v) is 5.65. The van der Waals surface area contributed by atoms with Crippen LogP contribution in [0.25, 0.3) is 27.5 Å². The highest BCUT2D eigenvalue weighted by molar-refractivity contribution is 7.15. The quantitative estimate of drug-likeness (QED) is 0.411. The summed E-state index contributed by atoms with van der Waals surface area (Å²) in [5.74, 6) is 2.14. The first-order valence-corrected chi connectivity index (χ1v) is 10.4. The molecule has 2 aromatic heterocycles. The molecule has 2 aromatic carbocycles. The maximum absolute atomic E-state index is 9.49. The van der Waals surface area contributed by atoms with Crippen molar-refractivity contribution in [2.45, 2.75) is 13.3 Å². The van der Waals surface area contributed by atoms with E-state index in [2.05, 4.69) is 10.5 Å². The van der Waals surface area contributed by atoms with Gasteiger partial charge < -0.3 is 14.2 Å². The third kappa shape index (κ3) is 3.46. The fourth-order valence-electron chi connectivity index (χ4n) is 3.46. The molecule has 0 unspecified atom stereocenters. The average molecular weight is 420 g/mol. The van der Waals surface area contributed by atoms with Crippen LogP contribution >= 0.6 is 11.3 Å². The first-order chi connectivity index (χ1) is 14.7. The molecule has 4 aromatic rings. The number of hydrogen-bond donors (Lipinski definition) is 0. The van der Waals surface area contributed by atoms with Crippen LogP contribution in [0.3, 0.4) is 0 Å². The molecular weight excluding hydrogens is 398 g/mol. The number of aromatic nitrogens is 2. The zero-order valence-electron chi connectivity index (χ0n) is 17.0. The molecule has 0 saturated heterocycles. The molecule has 0 spiro atoms. The second-order valence-electron chi connectivity index (χ2n) is 6.51. The van der Waals surface area contributed by atoms with Gasteiger partial charge in [-0.1, -0.05) is 0 Å². The van der Waals surface area contributed by atoms with Crippen LogP contribution < -0.4 is 14.2 Å². The minimum atomic E-state index is 0.251. The molecule has 30 heavy (non-hydrogen) atoms. The zero-order valence-corrected chi connectivity index (χ0v) is 17.8. The molecule has 0 N–H and O–H groups in total. The Kier molecular flexibility index (Phi) is 5.59. The van der Waals surface area contributed by atoms with Gasteiger partial charge in [0.05, 0.1) is 50.4 Å². The van der Waals surface area contributed by atoms with Crippen LogP contribution in [0.1, 0.15) is 12.6 Å². The van der Waals surface area contributed by atoms with Crippen molar-refractivity contribution in [3.8, 4) is 45.8 Å². The Balaban J connectivity index is 1.85. The molecular formula is C23H21N3O3S. The Hall–Kier alpha value is -3.50. The van der Waals surface area contributed by atoms with Crippen molar-refractivity contribution < 1.29 is 14.2 Å². The maximum atomic E-state index is 9.49. The van der Waals surface area contributed by atoms with Crippen LogP contribution in [0.15, 0.2) is 47.8 Å². The second kappa shape index (κ2) is 8.47. The molecule has 152 valence electrons. The number of thiazole rings is 1. The van der Waals surface area contributed by atoms with E-state index in [4.69, 9.17) is 19.2 Å². The van der Waals surface area contributed by atoms with Gasteiger partial charge >= 0.3 is 0 Å². The van der Waals surface area contributed by atoms with Crippen molar-refractivity contribution in [3.63, 3.8) is 0 Å². The van der Waals surface area contributed by atoms with Crippen LogP contribution in [0.4, 0.5) is 0 Å². The minimum absolute atomic E-state index is 0.251. The van der Waals surface area contributed by atoms with E-state index in [1.54, 1.807) is 25.6 Å². The number of hydrogen-bond acceptors (Lipinski definition) is 6. The Morgan fingerprint density at radius 2 is 1.77 bits per heavy atom. The van der Waals surface area contributed by atoms with Gasteiger partial charge in [-0.3, -0.25) is 4.40 Å². The fourth-order valence-corrected chi connectivity index (χ4v) is 4.37. The summed E-state index contributed by atoms with van der Waals surface area (Å²) in [6, 6.07) is 15.9. The summed E-state index contributed by atoms with van der Waals surface area (Å²) in [6.07, 6.45) is 0.251. The average Bonchev–Trinajstić information content (AvgIpc) is 3.34. The minimum Gasteiger partial charge on any atom is -0.494 e. The van der Waals surface area contributed by atoms with Crippen molar-refractivity contribution >= 4 is 16.3 Å². The SMILES string of the molecule is CCOc1ccc(-c2nc3scc(-c4ccc(OC)c(OC)c4)n3c2CC#N)cc1. The van der Waals surface area contributed by atoms with E-state index in [1.807, 2.05) is 54.8 Å². The van der Waals surface area contributed by atoms with Crippen LogP contribution in [0.2, 0.25) is 0 Å². The number of rotatable bonds is 7. The number of benzene rings is 2. The number of methoxy groups -OCH3 is 2. The monoisotopic (exact) mass is 419 g/mol. The summed E-state index contributed by atoms with van der Waals surface area (Å²) < 4.78 is 18.4. The smallest absolute Gasteiger partial charge is 0.194 e. The second-order valence-corrected chi connectivity index (χ2v) is 7.34. The topological polar surface area (TPSA) is 68.8 Å². The summed E-state index contributed by atoms with van der Waals surface area (Å²) >= 11 is 1.54. The van der Waals surface area contributed by atoms with Gasteiger partial charge in [0.1, 0.15) is 5.75 Å². The van der Waals surface area contributed by atoms with Gasteiger partial charge in [0.2, 0.25) is 0 Å². The van der Waals surface area contributed by atoms with Crippen LogP contribution in [-0.2, 0) is 6.42 Å². The number of nitrogens with zero attached hydrogens (tertiary/aromatic N) is 3. The summed E-state index contributed by atoms with van der Waals surface area (Å²) in [7, 11) is 3.23. The molecule has 0 saturated carbocycles. The fraction of sp³-hybridized carbons (Fsp3) is 0.217. The lowest BCUT2D eigenvalue weighted by Gasteiger charge is -2.10. The molecule has 0 atom stereocenters. The first kappa shape index (κ1) is 19.8. The van der Waals surface area contributed by atoms with Crippen molar-refractivity contribution in [2.75, 3.05) is 20.8 Å². The van der Waals surface area contributed by atoms with Crippen LogP contribution in [-0.4, -0.2) is 30.2 Å². The summed E-state index contributed by atoms with van der Waals surface area (Å²) in [5, 5.41) is 11.5. The van der Waals surface area contributed by atoms with E-state index >= 15 is 0 Å². The van der Waals surface area contributed by atoms with E-state index in [0.29, 0.717) is 18.1 Å². The molecule has 7 heteroatoms. The number of imidazole rings is 1. The van der Waals surface area contributed by atoms with Crippen LogP contribution in [0, 0.1) is 11.3 Å². The highest BCUT2D eigenvalue weighted by Gasteiger charge is 2.19. The van der Waals surface area contributed by atoms with Gasteiger partial charge in [-0.2, -0.15) is 5.26 Å². The van der Waals surface area contributed by atoms with Crippen molar-refractivity contribution in [1.82, 2.24) is 9.38 Å². The molecule has 0 bridgehead atoms. The Morgan fingerprint density at radius 1 is 1.03 bits per heavy atom. The molecule has 0 aliphatic rings. The van der Waals surface area contributed by atoms with E-state index in [0.717, 1.165) is 38.9 Å². The van der Waals surface area contributed by atoms with Gasteiger partial charge in [-0.15, -0.1) is 11.3 Å².